The molecule has 0 amide bonds. The van der Waals surface area contributed by atoms with Gasteiger partial charge < -0.3 is 0 Å². The minimum absolute atomic E-state index is 0.533. The van der Waals surface area contributed by atoms with Crippen LogP contribution in [0.5, 0.6) is 0 Å². The van der Waals surface area contributed by atoms with E-state index in [-0.39, 0.29) is 0 Å². The SMILES string of the molecule is C(=NC1CCCCC1)=NC1CCCCC1.C(=NC1CCCCC1)=NC1CCCCC1.CCl. The molecule has 0 heterocycles. The summed E-state index contributed by atoms with van der Waals surface area (Å²) >= 11 is 4.64. The van der Waals surface area contributed by atoms with Crippen molar-refractivity contribution >= 4 is 23.6 Å². The van der Waals surface area contributed by atoms with Crippen LogP contribution in [0.2, 0.25) is 0 Å². The maximum absolute atomic E-state index is 4.64. The van der Waals surface area contributed by atoms with Gasteiger partial charge in [-0.1, -0.05) is 77.0 Å². The Labute approximate surface area is 202 Å². The Hall–Kier alpha value is -0.950. The molecular formula is C27H47ClN4. The molecule has 5 heteroatoms. The molecule has 4 aliphatic rings. The van der Waals surface area contributed by atoms with Gasteiger partial charge in [0.1, 0.15) is 0 Å². The van der Waals surface area contributed by atoms with E-state index < -0.39 is 0 Å². The summed E-state index contributed by atoms with van der Waals surface area (Å²) in [6, 6.07) is 8.08. The Kier molecular flexibility index (Phi) is 15.8. The van der Waals surface area contributed by atoms with Gasteiger partial charge in [0, 0.05) is 6.38 Å². The summed E-state index contributed by atoms with van der Waals surface area (Å²) in [6.07, 6.45) is 27.9. The third-order valence-electron chi connectivity index (χ3n) is 7.26. The summed E-state index contributed by atoms with van der Waals surface area (Å²) in [7, 11) is 0. The molecule has 4 nitrogen and oxygen atoms in total. The lowest BCUT2D eigenvalue weighted by Crippen LogP contribution is -2.10. The Morgan fingerprint density at radius 2 is 0.562 bits per heavy atom. The molecule has 4 rings (SSSR count). The second-order valence-electron chi connectivity index (χ2n) is 9.88. The molecule has 0 aromatic rings. The van der Waals surface area contributed by atoms with Crippen molar-refractivity contribution in [1.82, 2.24) is 0 Å². The van der Waals surface area contributed by atoms with Crippen LogP contribution in [0.4, 0.5) is 0 Å². The van der Waals surface area contributed by atoms with E-state index >= 15 is 0 Å². The molecule has 0 atom stereocenters. The zero-order chi connectivity index (χ0) is 22.7. The van der Waals surface area contributed by atoms with Gasteiger partial charge in [-0.2, -0.15) is 0 Å². The molecule has 0 aromatic heterocycles. The first-order valence-electron chi connectivity index (χ1n) is 13.6. The molecule has 4 saturated carbocycles. The Morgan fingerprint density at radius 1 is 0.375 bits per heavy atom. The van der Waals surface area contributed by atoms with Crippen molar-refractivity contribution in [2.75, 3.05) is 6.38 Å². The van der Waals surface area contributed by atoms with Crippen molar-refractivity contribution in [3.8, 4) is 0 Å². The fourth-order valence-electron chi connectivity index (χ4n) is 5.23. The summed E-state index contributed by atoms with van der Waals surface area (Å²) in [5.41, 5.74) is 0. The van der Waals surface area contributed by atoms with E-state index in [0.717, 1.165) is 0 Å². The lowest BCUT2D eigenvalue weighted by molar-refractivity contribution is 0.438. The van der Waals surface area contributed by atoms with E-state index in [1.54, 1.807) is 0 Å². The zero-order valence-electron chi connectivity index (χ0n) is 20.6. The largest absolute Gasteiger partial charge is 0.222 e. The van der Waals surface area contributed by atoms with Crippen LogP contribution in [-0.2, 0) is 0 Å². The number of alkyl halides is 1. The van der Waals surface area contributed by atoms with Crippen LogP contribution in [0.15, 0.2) is 20.0 Å². The van der Waals surface area contributed by atoms with E-state index in [4.69, 9.17) is 0 Å². The predicted octanol–water partition coefficient (Wildman–Crippen LogP) is 8.51. The summed E-state index contributed by atoms with van der Waals surface area (Å²) in [5, 5.41) is 0. The van der Waals surface area contributed by atoms with Gasteiger partial charge in [0.15, 0.2) is 0 Å². The lowest BCUT2D eigenvalue weighted by atomic mass is 9.96. The molecule has 32 heavy (non-hydrogen) atoms. The average molecular weight is 463 g/mol. The van der Waals surface area contributed by atoms with Crippen LogP contribution in [0.25, 0.3) is 0 Å². The summed E-state index contributed by atoms with van der Waals surface area (Å²) < 4.78 is 0. The zero-order valence-corrected chi connectivity index (χ0v) is 21.4. The third kappa shape index (κ3) is 12.3. The number of aliphatic imine (C=N–C) groups is 4. The maximum atomic E-state index is 4.64. The van der Waals surface area contributed by atoms with Crippen LogP contribution in [0.3, 0.4) is 0 Å². The highest BCUT2D eigenvalue weighted by atomic mass is 35.5. The Morgan fingerprint density at radius 3 is 0.750 bits per heavy atom. The molecule has 0 bridgehead atoms. The average Bonchev–Trinajstić information content (AvgIpc) is 2.88. The Bertz CT molecular complexity index is 472. The van der Waals surface area contributed by atoms with Gasteiger partial charge in [0.2, 0.25) is 0 Å². The highest BCUT2D eigenvalue weighted by Gasteiger charge is 2.13. The van der Waals surface area contributed by atoms with Crippen LogP contribution < -0.4 is 0 Å². The molecule has 0 radical (unpaired) electrons. The molecule has 0 N–H and O–H groups in total. The van der Waals surface area contributed by atoms with E-state index in [9.17, 15) is 0 Å². The van der Waals surface area contributed by atoms with Crippen LogP contribution in [-0.4, -0.2) is 42.6 Å². The van der Waals surface area contributed by atoms with Gasteiger partial charge in [-0.25, -0.2) is 20.0 Å². The van der Waals surface area contributed by atoms with Crippen LogP contribution >= 0.6 is 11.6 Å². The fourth-order valence-corrected chi connectivity index (χ4v) is 5.23. The van der Waals surface area contributed by atoms with Crippen molar-refractivity contribution in [1.29, 1.82) is 0 Å². The lowest BCUT2D eigenvalue weighted by Gasteiger charge is -2.17. The standard InChI is InChI=1S/2C13H22N2.CH3Cl/c2*1-3-7-12(8-4-1)14-11-15-13-9-5-2-6-10-13;1-2/h2*12-13H,1-10H2;1H3. The predicted molar refractivity (Wildman–Crippen MR) is 139 cm³/mol. The second kappa shape index (κ2) is 18.5. The molecule has 0 spiro atoms. The van der Waals surface area contributed by atoms with Gasteiger partial charge in [0.05, 0.1) is 36.2 Å². The third-order valence-corrected chi connectivity index (χ3v) is 7.26. The smallest absolute Gasteiger partial charge is 0.0898 e. The first-order valence-corrected chi connectivity index (χ1v) is 14.3. The van der Waals surface area contributed by atoms with E-state index in [0.29, 0.717) is 24.2 Å². The minimum atomic E-state index is 0.533. The molecule has 0 aromatic carbocycles. The molecule has 4 aliphatic carbocycles. The van der Waals surface area contributed by atoms with Crippen molar-refractivity contribution in [2.45, 2.75) is 153 Å². The van der Waals surface area contributed by atoms with Crippen molar-refractivity contribution in [3.63, 3.8) is 0 Å². The van der Waals surface area contributed by atoms with Crippen LogP contribution in [0.1, 0.15) is 128 Å². The molecule has 0 aliphatic heterocycles. The molecule has 182 valence electrons. The highest BCUT2D eigenvalue weighted by molar-refractivity contribution is 6.15. The first kappa shape index (κ1) is 27.3. The summed E-state index contributed by atoms with van der Waals surface area (Å²) in [4.78, 5) is 17.8. The first-order chi connectivity index (χ1) is 15.9. The normalized spacial score (nSPS) is 23.2. The van der Waals surface area contributed by atoms with Crippen molar-refractivity contribution in [3.05, 3.63) is 0 Å². The number of hydrogen-bond acceptors (Lipinski definition) is 4. The van der Waals surface area contributed by atoms with Gasteiger partial charge in [-0.05, 0) is 51.4 Å². The van der Waals surface area contributed by atoms with Crippen molar-refractivity contribution < 1.29 is 0 Å². The van der Waals surface area contributed by atoms with E-state index in [1.165, 1.54) is 135 Å². The van der Waals surface area contributed by atoms with Gasteiger partial charge in [-0.15, -0.1) is 11.6 Å². The molecule has 0 saturated heterocycles. The monoisotopic (exact) mass is 462 g/mol. The van der Waals surface area contributed by atoms with E-state index in [2.05, 4.69) is 43.6 Å². The van der Waals surface area contributed by atoms with Gasteiger partial charge in [-0.3, -0.25) is 0 Å². The molecule has 0 unspecified atom stereocenters. The number of hydrogen-bond donors (Lipinski definition) is 0. The second-order valence-corrected chi connectivity index (χ2v) is 9.88. The quantitative estimate of drug-likeness (QED) is 0.297. The summed E-state index contributed by atoms with van der Waals surface area (Å²) in [6.45, 7) is 0. The maximum Gasteiger partial charge on any atom is 0.0898 e. The van der Waals surface area contributed by atoms with Crippen LogP contribution in [0, 0.1) is 0 Å². The molecule has 4 fully saturated rings. The molecular weight excluding hydrogens is 416 g/mol. The Balaban J connectivity index is 0.000000211. The van der Waals surface area contributed by atoms with E-state index in [1.807, 2.05) is 0 Å². The summed E-state index contributed by atoms with van der Waals surface area (Å²) in [5.74, 6) is 0. The fraction of sp³-hybridized carbons (Fsp3) is 0.926. The minimum Gasteiger partial charge on any atom is -0.222 e. The number of nitrogens with zero attached hydrogens (tertiary/aromatic N) is 4. The highest BCUT2D eigenvalue weighted by Crippen LogP contribution is 2.22. The topological polar surface area (TPSA) is 49.4 Å². The van der Waals surface area contributed by atoms with Gasteiger partial charge >= 0.3 is 0 Å². The number of rotatable bonds is 4. The van der Waals surface area contributed by atoms with Gasteiger partial charge in [0.25, 0.3) is 0 Å². The number of halogens is 1. The van der Waals surface area contributed by atoms with Crippen molar-refractivity contribution in [2.24, 2.45) is 20.0 Å².